The van der Waals surface area contributed by atoms with Crippen molar-refractivity contribution in [1.29, 1.82) is 5.26 Å². The van der Waals surface area contributed by atoms with E-state index in [-0.39, 0.29) is 24.7 Å². The van der Waals surface area contributed by atoms with Gasteiger partial charge >= 0.3 is 0 Å². The van der Waals surface area contributed by atoms with Crippen LogP contribution in [-0.4, -0.2) is 82.6 Å². The van der Waals surface area contributed by atoms with Crippen LogP contribution in [0.5, 0.6) is 0 Å². The first kappa shape index (κ1) is 29.3. The topological polar surface area (TPSA) is 158 Å². The summed E-state index contributed by atoms with van der Waals surface area (Å²) in [5.74, 6) is 0.876. The summed E-state index contributed by atoms with van der Waals surface area (Å²) in [6, 6.07) is 9.35. The molecule has 42 heavy (non-hydrogen) atoms. The van der Waals surface area contributed by atoms with Crippen molar-refractivity contribution in [2.45, 2.75) is 51.2 Å². The van der Waals surface area contributed by atoms with Crippen molar-refractivity contribution in [3.8, 4) is 17.3 Å². The van der Waals surface area contributed by atoms with Gasteiger partial charge in [-0.1, -0.05) is 0 Å². The number of carbonyl (C=O) groups excluding carboxylic acids is 1. The van der Waals surface area contributed by atoms with E-state index in [0.29, 0.717) is 79.2 Å². The molecular weight excluding hydrogens is 536 g/mol. The van der Waals surface area contributed by atoms with E-state index >= 15 is 0 Å². The fourth-order valence-corrected chi connectivity index (χ4v) is 5.10. The van der Waals surface area contributed by atoms with Crippen LogP contribution in [0.4, 0.5) is 17.5 Å². The van der Waals surface area contributed by atoms with Crippen LogP contribution in [0.15, 0.2) is 36.7 Å². The molecule has 1 amide bonds. The number of ether oxygens (including phenoxy) is 2. The Labute approximate surface area is 245 Å². The van der Waals surface area contributed by atoms with E-state index in [1.807, 2.05) is 19.1 Å². The number of nitrogens with one attached hydrogen (secondary N) is 2. The minimum atomic E-state index is -0.964. The molecular formula is C30H36N8O4. The van der Waals surface area contributed by atoms with Crippen molar-refractivity contribution >= 4 is 23.4 Å². The van der Waals surface area contributed by atoms with E-state index < -0.39 is 5.41 Å². The van der Waals surface area contributed by atoms with Gasteiger partial charge in [-0.05, 0) is 51.8 Å². The number of aliphatic hydroxyl groups is 1. The zero-order chi connectivity index (χ0) is 29.7. The predicted octanol–water partition coefficient (Wildman–Crippen LogP) is 3.08. The lowest BCUT2D eigenvalue weighted by Crippen LogP contribution is -2.38. The van der Waals surface area contributed by atoms with Crippen LogP contribution in [0.3, 0.4) is 0 Å². The lowest BCUT2D eigenvalue weighted by atomic mass is 9.88. The molecule has 220 valence electrons. The van der Waals surface area contributed by atoms with Crippen LogP contribution in [0.25, 0.3) is 11.3 Å². The van der Waals surface area contributed by atoms with Gasteiger partial charge in [0.1, 0.15) is 5.82 Å². The Morgan fingerprint density at radius 1 is 1.17 bits per heavy atom. The Morgan fingerprint density at radius 2 is 1.93 bits per heavy atom. The maximum absolute atomic E-state index is 13.2. The van der Waals surface area contributed by atoms with Crippen molar-refractivity contribution in [1.82, 2.24) is 19.9 Å². The molecule has 12 nitrogen and oxygen atoms in total. The van der Waals surface area contributed by atoms with Crippen LogP contribution in [0.1, 0.15) is 48.4 Å². The van der Waals surface area contributed by atoms with Gasteiger partial charge in [0.2, 0.25) is 5.95 Å². The third kappa shape index (κ3) is 6.65. The number of aromatic nitrogens is 4. The summed E-state index contributed by atoms with van der Waals surface area (Å²) < 4.78 is 11.2. The number of nitrogens with zero attached hydrogens (tertiary/aromatic N) is 6. The highest BCUT2D eigenvalue weighted by atomic mass is 16.5. The van der Waals surface area contributed by atoms with E-state index in [4.69, 9.17) is 24.4 Å². The lowest BCUT2D eigenvalue weighted by molar-refractivity contribution is -0.0213. The van der Waals surface area contributed by atoms with Gasteiger partial charge in [0.25, 0.3) is 5.91 Å². The Kier molecular flexibility index (Phi) is 8.91. The van der Waals surface area contributed by atoms with Crippen molar-refractivity contribution in [2.24, 2.45) is 0 Å². The molecule has 5 heterocycles. The quantitative estimate of drug-likeness (QED) is 0.364. The normalized spacial score (nSPS) is 19.2. The standard InChI is InChI=1S/C30H36N8O4/c1-19-23(15-25(27(33-19)30(2,3)18-31)35-28(40)20-4-7-32-8-5-20)24-16-26(38-9-12-41-13-10-38)37-29(36-24)34-21-6-11-42-22(14-21)17-39/h4-5,7-8,15-16,21-22,39H,6,9-14,17H2,1-3H3,(H,35,40)(H,34,36,37). The number of rotatable bonds is 8. The number of pyridine rings is 2. The van der Waals surface area contributed by atoms with Crippen molar-refractivity contribution in [3.63, 3.8) is 0 Å². The zero-order valence-corrected chi connectivity index (χ0v) is 24.1. The number of carbonyl (C=O) groups is 1. The lowest BCUT2D eigenvalue weighted by Gasteiger charge is -2.31. The highest BCUT2D eigenvalue weighted by molar-refractivity contribution is 6.04. The second-order valence-corrected chi connectivity index (χ2v) is 11.0. The molecule has 0 aliphatic carbocycles. The average molecular weight is 573 g/mol. The number of anilines is 3. The molecule has 2 unspecified atom stereocenters. The van der Waals surface area contributed by atoms with Crippen LogP contribution >= 0.6 is 0 Å². The van der Waals surface area contributed by atoms with Crippen molar-refractivity contribution < 1.29 is 19.4 Å². The summed E-state index contributed by atoms with van der Waals surface area (Å²) in [5.41, 5.74) is 2.37. The van der Waals surface area contributed by atoms with E-state index in [1.165, 1.54) is 0 Å². The number of morpholine rings is 1. The number of hydrogen-bond donors (Lipinski definition) is 3. The van der Waals surface area contributed by atoms with Gasteiger partial charge < -0.3 is 30.1 Å². The van der Waals surface area contributed by atoms with Gasteiger partial charge in [0.15, 0.2) is 0 Å². The predicted molar refractivity (Wildman–Crippen MR) is 157 cm³/mol. The van der Waals surface area contributed by atoms with Gasteiger partial charge in [0.05, 0.1) is 54.5 Å². The number of nitriles is 1. The number of amides is 1. The minimum Gasteiger partial charge on any atom is -0.394 e. The van der Waals surface area contributed by atoms with Crippen LogP contribution in [-0.2, 0) is 14.9 Å². The third-order valence-corrected chi connectivity index (χ3v) is 7.50. The summed E-state index contributed by atoms with van der Waals surface area (Å²) in [4.78, 5) is 33.9. The van der Waals surface area contributed by atoms with E-state index in [2.05, 4.69) is 26.6 Å². The van der Waals surface area contributed by atoms with Crippen molar-refractivity contribution in [2.75, 3.05) is 55.1 Å². The molecule has 0 saturated carbocycles. The molecule has 3 N–H and O–H groups in total. The zero-order valence-electron chi connectivity index (χ0n) is 24.1. The maximum Gasteiger partial charge on any atom is 0.255 e. The monoisotopic (exact) mass is 572 g/mol. The smallest absolute Gasteiger partial charge is 0.255 e. The van der Waals surface area contributed by atoms with Gasteiger partial charge in [0, 0.05) is 61.0 Å². The van der Waals surface area contributed by atoms with Gasteiger partial charge in [-0.3, -0.25) is 14.8 Å². The third-order valence-electron chi connectivity index (χ3n) is 7.50. The molecule has 2 aliphatic heterocycles. The summed E-state index contributed by atoms with van der Waals surface area (Å²) in [6.07, 6.45) is 4.28. The van der Waals surface area contributed by atoms with Gasteiger partial charge in [-0.2, -0.15) is 10.2 Å². The number of aryl methyl sites for hydroxylation is 1. The summed E-state index contributed by atoms with van der Waals surface area (Å²) in [6.45, 7) is 8.50. The SMILES string of the molecule is Cc1nc(C(C)(C)C#N)c(NC(=O)c2ccncc2)cc1-c1cc(N2CCOCC2)nc(NC2CCOC(CO)C2)n1. The highest BCUT2D eigenvalue weighted by Gasteiger charge is 2.29. The molecule has 3 aromatic heterocycles. The van der Waals surface area contributed by atoms with Gasteiger partial charge in [-0.25, -0.2) is 4.98 Å². The fraction of sp³-hybridized carbons (Fsp3) is 0.467. The summed E-state index contributed by atoms with van der Waals surface area (Å²) in [7, 11) is 0. The van der Waals surface area contributed by atoms with Crippen LogP contribution < -0.4 is 15.5 Å². The molecule has 2 saturated heterocycles. The number of hydrogen-bond acceptors (Lipinski definition) is 11. The van der Waals surface area contributed by atoms with Gasteiger partial charge in [-0.15, -0.1) is 0 Å². The molecule has 3 aromatic rings. The summed E-state index contributed by atoms with van der Waals surface area (Å²) >= 11 is 0. The number of aliphatic hydroxyl groups excluding tert-OH is 1. The minimum absolute atomic E-state index is 0.0388. The van der Waals surface area contributed by atoms with E-state index in [9.17, 15) is 15.2 Å². The van der Waals surface area contributed by atoms with Crippen molar-refractivity contribution in [3.05, 3.63) is 53.6 Å². The molecule has 2 aliphatic rings. The fourth-order valence-electron chi connectivity index (χ4n) is 5.10. The Morgan fingerprint density at radius 3 is 2.64 bits per heavy atom. The van der Waals surface area contributed by atoms with Crippen LogP contribution in [0.2, 0.25) is 0 Å². The average Bonchev–Trinajstić information content (AvgIpc) is 3.02. The molecule has 12 heteroatoms. The van der Waals surface area contributed by atoms with E-state index in [1.54, 1.807) is 38.4 Å². The second kappa shape index (κ2) is 12.8. The van der Waals surface area contributed by atoms with E-state index in [0.717, 1.165) is 12.2 Å². The molecule has 0 bridgehead atoms. The molecule has 0 aromatic carbocycles. The molecule has 2 fully saturated rings. The maximum atomic E-state index is 13.2. The Bertz CT molecular complexity index is 1450. The molecule has 0 spiro atoms. The molecule has 5 rings (SSSR count). The first-order valence-electron chi connectivity index (χ1n) is 14.1. The summed E-state index contributed by atoms with van der Waals surface area (Å²) in [5, 5.41) is 26.0. The first-order chi connectivity index (χ1) is 20.3. The Hall–Kier alpha value is -4.18. The van der Waals surface area contributed by atoms with Crippen LogP contribution in [0, 0.1) is 18.3 Å². The highest BCUT2D eigenvalue weighted by Crippen LogP contribution is 2.35. The largest absolute Gasteiger partial charge is 0.394 e. The first-order valence-corrected chi connectivity index (χ1v) is 14.1. The molecule has 2 atom stereocenters. The Balaban J connectivity index is 1.57. The second-order valence-electron chi connectivity index (χ2n) is 11.0. The molecule has 0 radical (unpaired) electrons.